The van der Waals surface area contributed by atoms with Crippen molar-refractivity contribution >= 4 is 0 Å². The van der Waals surface area contributed by atoms with Crippen LogP contribution in [-0.2, 0) is 0 Å². The minimum absolute atomic E-state index is 0.887. The molecule has 0 fully saturated rings. The fourth-order valence-corrected chi connectivity index (χ4v) is 3.84. The van der Waals surface area contributed by atoms with Gasteiger partial charge in [-0.15, -0.1) is 0 Å². The van der Waals surface area contributed by atoms with Gasteiger partial charge in [-0.05, 0) is 50.7 Å². The van der Waals surface area contributed by atoms with Gasteiger partial charge in [0.25, 0.3) is 0 Å². The summed E-state index contributed by atoms with van der Waals surface area (Å²) in [6.45, 7) is 15.7. The first kappa shape index (κ1) is 26.0. The van der Waals surface area contributed by atoms with E-state index >= 15 is 0 Å². The molecular formula is C25H53N. The maximum atomic E-state index is 2.73. The van der Waals surface area contributed by atoms with Crippen LogP contribution >= 0.6 is 0 Å². The van der Waals surface area contributed by atoms with Gasteiger partial charge in [0.05, 0.1) is 0 Å². The second-order valence-electron chi connectivity index (χ2n) is 9.45. The molecule has 0 aromatic heterocycles. The smallest absolute Gasteiger partial charge is 0.00187 e. The first-order valence-electron chi connectivity index (χ1n) is 12.3. The van der Waals surface area contributed by atoms with Crippen LogP contribution in [0.25, 0.3) is 0 Å². The molecule has 0 aliphatic heterocycles. The van der Waals surface area contributed by atoms with Crippen molar-refractivity contribution in [1.82, 2.24) is 4.90 Å². The highest BCUT2D eigenvalue weighted by molar-refractivity contribution is 4.59. The highest BCUT2D eigenvalue weighted by atomic mass is 15.1. The van der Waals surface area contributed by atoms with Crippen LogP contribution in [0.4, 0.5) is 0 Å². The Labute approximate surface area is 167 Å². The number of unbranched alkanes of at least 4 members (excludes halogenated alkanes) is 10. The molecule has 0 bridgehead atoms. The number of hydrogen-bond acceptors (Lipinski definition) is 1. The summed E-state index contributed by atoms with van der Waals surface area (Å²) in [6.07, 6.45) is 21.5. The lowest BCUT2D eigenvalue weighted by Crippen LogP contribution is -2.27. The van der Waals surface area contributed by atoms with Crippen LogP contribution in [0.3, 0.4) is 0 Å². The third-order valence-electron chi connectivity index (χ3n) is 5.55. The van der Waals surface area contributed by atoms with Crippen molar-refractivity contribution in [2.24, 2.45) is 11.8 Å². The van der Waals surface area contributed by atoms with Gasteiger partial charge in [-0.25, -0.2) is 0 Å². The van der Waals surface area contributed by atoms with Crippen LogP contribution in [0.2, 0.25) is 0 Å². The maximum Gasteiger partial charge on any atom is -0.00187 e. The lowest BCUT2D eigenvalue weighted by Gasteiger charge is -2.21. The Bertz CT molecular complexity index is 235. The molecule has 158 valence electrons. The summed E-state index contributed by atoms with van der Waals surface area (Å²) in [5.74, 6) is 1.77. The van der Waals surface area contributed by atoms with Crippen molar-refractivity contribution < 1.29 is 0 Å². The number of hydrogen-bond donors (Lipinski definition) is 0. The van der Waals surface area contributed by atoms with Gasteiger partial charge in [0, 0.05) is 0 Å². The molecule has 0 unspecified atom stereocenters. The fourth-order valence-electron chi connectivity index (χ4n) is 3.84. The Morgan fingerprint density at radius 3 is 1.15 bits per heavy atom. The third-order valence-corrected chi connectivity index (χ3v) is 5.55. The van der Waals surface area contributed by atoms with Crippen LogP contribution < -0.4 is 0 Å². The van der Waals surface area contributed by atoms with Crippen LogP contribution in [0.15, 0.2) is 0 Å². The minimum atomic E-state index is 0.887. The molecule has 0 aliphatic rings. The zero-order chi connectivity index (χ0) is 19.5. The second kappa shape index (κ2) is 19.7. The largest absolute Gasteiger partial charge is 0.303 e. The summed E-state index contributed by atoms with van der Waals surface area (Å²) in [5.41, 5.74) is 0. The van der Waals surface area contributed by atoms with Crippen molar-refractivity contribution in [3.05, 3.63) is 0 Å². The predicted molar refractivity (Wildman–Crippen MR) is 121 cm³/mol. The molecule has 0 amide bonds. The Morgan fingerprint density at radius 1 is 0.462 bits per heavy atom. The molecule has 0 saturated heterocycles. The lowest BCUT2D eigenvalue weighted by atomic mass is 10.0. The van der Waals surface area contributed by atoms with Gasteiger partial charge < -0.3 is 4.90 Å². The Hall–Kier alpha value is -0.0400. The average molecular weight is 368 g/mol. The molecule has 0 saturated carbocycles. The Morgan fingerprint density at radius 2 is 0.808 bits per heavy atom. The molecule has 1 nitrogen and oxygen atoms in total. The van der Waals surface area contributed by atoms with Crippen molar-refractivity contribution in [3.8, 4) is 0 Å². The molecule has 0 radical (unpaired) electrons. The predicted octanol–water partition coefficient (Wildman–Crippen LogP) is 8.47. The summed E-state index contributed by atoms with van der Waals surface area (Å²) in [7, 11) is 0. The van der Waals surface area contributed by atoms with Crippen molar-refractivity contribution in [3.63, 3.8) is 0 Å². The molecular weight excluding hydrogens is 314 g/mol. The number of nitrogens with zero attached hydrogens (tertiary/aromatic N) is 1. The van der Waals surface area contributed by atoms with Crippen LogP contribution in [0.1, 0.15) is 131 Å². The standard InChI is InChI=1S/C25H53N/c1-6-21-26(22-17-13-9-7-11-15-19-24(2)3)23-18-14-10-8-12-16-20-25(4)5/h24-25H,6-23H2,1-5H3. The van der Waals surface area contributed by atoms with Crippen molar-refractivity contribution in [2.45, 2.75) is 131 Å². The van der Waals surface area contributed by atoms with E-state index in [1.807, 2.05) is 0 Å². The van der Waals surface area contributed by atoms with E-state index in [4.69, 9.17) is 0 Å². The molecule has 0 spiro atoms. The molecule has 0 atom stereocenters. The van der Waals surface area contributed by atoms with E-state index in [0.29, 0.717) is 0 Å². The number of rotatable bonds is 20. The van der Waals surface area contributed by atoms with Gasteiger partial charge in [-0.1, -0.05) is 112 Å². The maximum absolute atomic E-state index is 2.73. The summed E-state index contributed by atoms with van der Waals surface area (Å²) >= 11 is 0. The van der Waals surface area contributed by atoms with E-state index in [2.05, 4.69) is 39.5 Å². The first-order valence-corrected chi connectivity index (χ1v) is 12.3. The van der Waals surface area contributed by atoms with Gasteiger partial charge in [0.2, 0.25) is 0 Å². The molecule has 0 aromatic carbocycles. The van der Waals surface area contributed by atoms with E-state index in [1.54, 1.807) is 0 Å². The van der Waals surface area contributed by atoms with Gasteiger partial charge in [-0.3, -0.25) is 0 Å². The highest BCUT2D eigenvalue weighted by Gasteiger charge is 2.04. The van der Waals surface area contributed by atoms with E-state index in [1.165, 1.54) is 116 Å². The molecule has 1 heteroatoms. The van der Waals surface area contributed by atoms with Gasteiger partial charge in [0.15, 0.2) is 0 Å². The summed E-state index contributed by atoms with van der Waals surface area (Å²) in [4.78, 5) is 2.73. The Kier molecular flexibility index (Phi) is 19.7. The van der Waals surface area contributed by atoms with Crippen molar-refractivity contribution in [1.29, 1.82) is 0 Å². The molecule has 0 aromatic rings. The van der Waals surface area contributed by atoms with Gasteiger partial charge >= 0.3 is 0 Å². The van der Waals surface area contributed by atoms with Crippen LogP contribution in [0.5, 0.6) is 0 Å². The molecule has 26 heavy (non-hydrogen) atoms. The zero-order valence-electron chi connectivity index (χ0n) is 19.3. The topological polar surface area (TPSA) is 3.24 Å². The summed E-state index contributed by atoms with van der Waals surface area (Å²) in [5, 5.41) is 0. The zero-order valence-corrected chi connectivity index (χ0v) is 19.3. The van der Waals surface area contributed by atoms with E-state index in [-0.39, 0.29) is 0 Å². The van der Waals surface area contributed by atoms with Gasteiger partial charge in [0.1, 0.15) is 0 Å². The third kappa shape index (κ3) is 20.3. The quantitative estimate of drug-likeness (QED) is 0.195. The monoisotopic (exact) mass is 367 g/mol. The van der Waals surface area contributed by atoms with Gasteiger partial charge in [-0.2, -0.15) is 0 Å². The molecule has 0 aliphatic carbocycles. The Balaban J connectivity index is 3.47. The first-order chi connectivity index (χ1) is 12.6. The minimum Gasteiger partial charge on any atom is -0.303 e. The molecule has 0 N–H and O–H groups in total. The summed E-state index contributed by atoms with van der Waals surface area (Å²) in [6, 6.07) is 0. The second-order valence-corrected chi connectivity index (χ2v) is 9.45. The lowest BCUT2D eigenvalue weighted by molar-refractivity contribution is 0.260. The van der Waals surface area contributed by atoms with Crippen LogP contribution in [0, 0.1) is 11.8 Å². The average Bonchev–Trinajstić information content (AvgIpc) is 2.58. The molecule has 0 rings (SSSR count). The summed E-state index contributed by atoms with van der Waals surface area (Å²) < 4.78 is 0. The van der Waals surface area contributed by atoms with Crippen molar-refractivity contribution in [2.75, 3.05) is 19.6 Å². The normalized spacial score (nSPS) is 12.0. The molecule has 0 heterocycles. The SMILES string of the molecule is CCCN(CCCCCCCCC(C)C)CCCCCCCCC(C)C. The van der Waals surface area contributed by atoms with Crippen LogP contribution in [-0.4, -0.2) is 24.5 Å². The van der Waals surface area contributed by atoms with E-state index in [0.717, 1.165) is 11.8 Å². The van der Waals surface area contributed by atoms with E-state index in [9.17, 15) is 0 Å². The van der Waals surface area contributed by atoms with E-state index < -0.39 is 0 Å². The highest BCUT2D eigenvalue weighted by Crippen LogP contribution is 2.13. The fraction of sp³-hybridized carbons (Fsp3) is 1.00.